The molecule has 0 saturated heterocycles. The smallest absolute Gasteiger partial charge is 0.341 e. The number of rotatable bonds is 7. The number of carbonyl (C=O) groups excluding carboxylic acids is 2. The summed E-state index contributed by atoms with van der Waals surface area (Å²) in [6, 6.07) is 0. The number of nitrogens with one attached hydrogen (secondary N) is 2. The van der Waals surface area contributed by atoms with Crippen molar-refractivity contribution in [3.05, 3.63) is 40.0 Å². The molecule has 148 valence electrons. The van der Waals surface area contributed by atoms with Gasteiger partial charge in [0.05, 0.1) is 19.2 Å². The minimum atomic E-state index is -0.618. The predicted octanol–water partition coefficient (Wildman–Crippen LogP) is 0.676. The number of carbonyl (C=O) groups is 2. The first-order valence-corrected chi connectivity index (χ1v) is 8.64. The Balaban J connectivity index is 1.64. The molecule has 0 unspecified atom stereocenters. The van der Waals surface area contributed by atoms with E-state index >= 15 is 0 Å². The molecule has 0 aliphatic carbocycles. The molecule has 0 spiro atoms. The van der Waals surface area contributed by atoms with Gasteiger partial charge in [0, 0.05) is 31.3 Å². The minimum Gasteiger partial charge on any atom is -0.465 e. The van der Waals surface area contributed by atoms with Crippen molar-refractivity contribution in [3.63, 3.8) is 0 Å². The molecular formula is C17H20N6O5. The third kappa shape index (κ3) is 4.08. The largest absolute Gasteiger partial charge is 0.465 e. The van der Waals surface area contributed by atoms with Gasteiger partial charge in [-0.3, -0.25) is 9.59 Å². The zero-order valence-electron chi connectivity index (χ0n) is 15.7. The van der Waals surface area contributed by atoms with Crippen LogP contribution in [-0.2, 0) is 22.6 Å². The Bertz CT molecular complexity index is 1020. The molecule has 2 aliphatic rings. The average Bonchev–Trinajstić information content (AvgIpc) is 3.31. The number of hydrogen-bond donors (Lipinski definition) is 2. The zero-order chi connectivity index (χ0) is 20.3. The molecule has 0 fully saturated rings. The summed E-state index contributed by atoms with van der Waals surface area (Å²) in [5.74, 6) is 0.182. The van der Waals surface area contributed by atoms with Gasteiger partial charge < -0.3 is 19.1 Å². The molecule has 0 radical (unpaired) electrons. The summed E-state index contributed by atoms with van der Waals surface area (Å²) in [5, 5.41) is 12.7. The van der Waals surface area contributed by atoms with Gasteiger partial charge in [0.25, 0.3) is 5.56 Å². The van der Waals surface area contributed by atoms with E-state index in [0.29, 0.717) is 11.7 Å². The molecule has 1 amide bonds. The quantitative estimate of drug-likeness (QED) is 0.562. The molecule has 1 aromatic rings. The van der Waals surface area contributed by atoms with Crippen molar-refractivity contribution in [2.75, 3.05) is 7.11 Å². The molecule has 3 rings (SSSR count). The number of aryl methyl sites for hydroxylation is 1. The molecule has 3 heterocycles. The summed E-state index contributed by atoms with van der Waals surface area (Å²) in [4.78, 5) is 40.1. The first-order chi connectivity index (χ1) is 13.4. The van der Waals surface area contributed by atoms with Gasteiger partial charge in [-0.25, -0.2) is 9.89 Å². The topological polar surface area (TPSA) is 145 Å². The van der Waals surface area contributed by atoms with E-state index in [1.165, 1.54) is 19.5 Å². The zero-order valence-corrected chi connectivity index (χ0v) is 15.7. The molecule has 0 atom stereocenters. The van der Waals surface area contributed by atoms with Crippen LogP contribution in [0.3, 0.4) is 0 Å². The fraction of sp³-hybridized carbons (Fsp3) is 0.412. The van der Waals surface area contributed by atoms with Crippen molar-refractivity contribution in [1.29, 1.82) is 0 Å². The van der Waals surface area contributed by atoms with E-state index in [0.717, 1.165) is 0 Å². The second-order valence-electron chi connectivity index (χ2n) is 6.44. The third-order valence-corrected chi connectivity index (χ3v) is 4.05. The average molecular weight is 388 g/mol. The van der Waals surface area contributed by atoms with E-state index in [4.69, 9.17) is 9.26 Å². The molecule has 2 N–H and O–H groups in total. The van der Waals surface area contributed by atoms with E-state index in [1.807, 2.05) is 13.8 Å². The van der Waals surface area contributed by atoms with Gasteiger partial charge in [0.15, 0.2) is 5.82 Å². The number of ether oxygens (including phenoxy) is 1. The van der Waals surface area contributed by atoms with Crippen LogP contribution in [0, 0.1) is 0 Å². The van der Waals surface area contributed by atoms with Crippen molar-refractivity contribution in [1.82, 2.24) is 30.2 Å². The summed E-state index contributed by atoms with van der Waals surface area (Å²) in [6.45, 7) is 4.26. The van der Waals surface area contributed by atoms with Gasteiger partial charge in [0.2, 0.25) is 11.8 Å². The van der Waals surface area contributed by atoms with Crippen LogP contribution in [-0.4, -0.2) is 43.9 Å². The van der Waals surface area contributed by atoms with Crippen LogP contribution in [0.5, 0.6) is 0 Å². The van der Waals surface area contributed by atoms with Crippen molar-refractivity contribution in [3.8, 4) is 11.3 Å². The highest BCUT2D eigenvalue weighted by atomic mass is 16.5. The highest BCUT2D eigenvalue weighted by molar-refractivity contribution is 5.95. The van der Waals surface area contributed by atoms with E-state index in [1.54, 1.807) is 4.57 Å². The summed E-state index contributed by atoms with van der Waals surface area (Å²) in [5.41, 5.74) is 0.201. The number of fused-ring (bicyclic) bond motifs is 1. The van der Waals surface area contributed by atoms with Crippen molar-refractivity contribution < 1.29 is 18.8 Å². The van der Waals surface area contributed by atoms with Crippen molar-refractivity contribution in [2.45, 2.75) is 39.3 Å². The van der Waals surface area contributed by atoms with E-state index in [2.05, 4.69) is 25.7 Å². The van der Waals surface area contributed by atoms with Crippen molar-refractivity contribution in [2.24, 2.45) is 0 Å². The Hall–Kier alpha value is -3.50. The van der Waals surface area contributed by atoms with Crippen LogP contribution in [0.2, 0.25) is 0 Å². The Kier molecular flexibility index (Phi) is 5.52. The number of methoxy groups -OCH3 is 1. The first-order valence-electron chi connectivity index (χ1n) is 8.64. The van der Waals surface area contributed by atoms with Gasteiger partial charge in [0.1, 0.15) is 11.3 Å². The SMILES string of the molecule is COC(=O)c1cn(CCC(=O)NCc2nc(C(C)C)no2)cc2c(=O)[nH]nc1-2. The van der Waals surface area contributed by atoms with Gasteiger partial charge in [-0.2, -0.15) is 10.1 Å². The second-order valence-corrected chi connectivity index (χ2v) is 6.44. The Morgan fingerprint density at radius 3 is 2.82 bits per heavy atom. The number of hydrogen-bond acceptors (Lipinski definition) is 8. The number of aromatic amines is 1. The summed E-state index contributed by atoms with van der Waals surface area (Å²) in [6.07, 6.45) is 3.15. The normalized spacial score (nSPS) is 11.1. The van der Waals surface area contributed by atoms with Gasteiger partial charge >= 0.3 is 5.97 Å². The third-order valence-electron chi connectivity index (χ3n) is 4.05. The number of aromatic nitrogens is 5. The maximum absolute atomic E-state index is 12.1. The molecule has 0 aromatic carbocycles. The van der Waals surface area contributed by atoms with E-state index in [9.17, 15) is 14.4 Å². The van der Waals surface area contributed by atoms with Gasteiger partial charge in [-0.05, 0) is 0 Å². The van der Waals surface area contributed by atoms with Crippen LogP contribution in [0.1, 0.15) is 48.3 Å². The van der Waals surface area contributed by atoms with Crippen molar-refractivity contribution >= 4 is 11.9 Å². The molecule has 11 nitrogen and oxygen atoms in total. The van der Waals surface area contributed by atoms with Crippen LogP contribution >= 0.6 is 0 Å². The van der Waals surface area contributed by atoms with Gasteiger partial charge in [-0.1, -0.05) is 19.0 Å². The summed E-state index contributed by atoms with van der Waals surface area (Å²) >= 11 is 0. The molecule has 28 heavy (non-hydrogen) atoms. The lowest BCUT2D eigenvalue weighted by Crippen LogP contribution is -2.24. The van der Waals surface area contributed by atoms with Gasteiger partial charge in [-0.15, -0.1) is 0 Å². The standard InChI is InChI=1S/C17H20N6O5/c1-9(2)15-19-13(28-22-15)6-18-12(24)4-5-23-7-10-14(20-21-16(10)25)11(8-23)17(26)27-3/h7-9H,4-6H2,1-3H3,(H,18,24)(H,21,25). The Labute approximate surface area is 159 Å². The Morgan fingerprint density at radius 2 is 2.14 bits per heavy atom. The highest BCUT2D eigenvalue weighted by Crippen LogP contribution is 2.20. The van der Waals surface area contributed by atoms with E-state index in [-0.39, 0.29) is 48.2 Å². The fourth-order valence-electron chi connectivity index (χ4n) is 2.55. The number of amides is 1. The molecule has 0 saturated carbocycles. The summed E-state index contributed by atoms with van der Waals surface area (Å²) in [7, 11) is 1.24. The maximum Gasteiger partial charge on any atom is 0.341 e. The first kappa shape index (κ1) is 19.3. The number of esters is 1. The predicted molar refractivity (Wildman–Crippen MR) is 95.7 cm³/mol. The monoisotopic (exact) mass is 388 g/mol. The molecule has 1 aromatic heterocycles. The second kappa shape index (κ2) is 8.03. The van der Waals surface area contributed by atoms with Crippen LogP contribution in [0.4, 0.5) is 0 Å². The number of H-pyrrole nitrogens is 1. The molecule has 0 bridgehead atoms. The molecule has 2 aliphatic heterocycles. The lowest BCUT2D eigenvalue weighted by Gasteiger charge is -2.11. The number of nitrogens with zero attached hydrogens (tertiary/aromatic N) is 4. The number of pyridine rings is 1. The lowest BCUT2D eigenvalue weighted by atomic mass is 10.1. The fourth-order valence-corrected chi connectivity index (χ4v) is 2.55. The Morgan fingerprint density at radius 1 is 1.36 bits per heavy atom. The van der Waals surface area contributed by atoms with Crippen LogP contribution in [0.15, 0.2) is 21.7 Å². The minimum absolute atomic E-state index is 0.119. The van der Waals surface area contributed by atoms with E-state index < -0.39 is 11.5 Å². The van der Waals surface area contributed by atoms with Crippen LogP contribution in [0.25, 0.3) is 11.3 Å². The molecular weight excluding hydrogens is 368 g/mol. The maximum atomic E-state index is 12.1. The molecule has 11 heteroatoms. The van der Waals surface area contributed by atoms with Crippen LogP contribution < -0.4 is 10.9 Å². The highest BCUT2D eigenvalue weighted by Gasteiger charge is 2.22. The lowest BCUT2D eigenvalue weighted by molar-refractivity contribution is -0.121. The summed E-state index contributed by atoms with van der Waals surface area (Å²) < 4.78 is 11.4.